The van der Waals surface area contributed by atoms with Crippen LogP contribution in [-0.4, -0.2) is 5.91 Å². The Bertz CT molecular complexity index is 643. The second-order valence-corrected chi connectivity index (χ2v) is 4.02. The van der Waals surface area contributed by atoms with Crippen molar-refractivity contribution < 1.29 is 9.21 Å². The fraction of sp³-hybridized carbons (Fsp3) is 0.208. The second-order valence-electron chi connectivity index (χ2n) is 4.02. The minimum Gasteiger partial charge on any atom is -0.451 e. The molecule has 0 atom stereocenters. The van der Waals surface area contributed by atoms with Gasteiger partial charge < -0.3 is 9.73 Å². The van der Waals surface area contributed by atoms with E-state index in [9.17, 15) is 4.79 Å². The van der Waals surface area contributed by atoms with Crippen LogP contribution in [0.15, 0.2) is 97.7 Å². The molecule has 0 aliphatic heterocycles. The maximum atomic E-state index is 12.0. The lowest BCUT2D eigenvalue weighted by atomic mass is 10.2. The summed E-state index contributed by atoms with van der Waals surface area (Å²) in [6, 6.07) is 3.38. The first-order chi connectivity index (χ1) is 13.2. The highest BCUT2D eigenvalue weighted by Gasteiger charge is 2.12. The van der Waals surface area contributed by atoms with E-state index < -0.39 is 0 Å². The van der Waals surface area contributed by atoms with Crippen LogP contribution in [0.25, 0.3) is 5.57 Å². The minimum absolute atomic E-state index is 0.230. The van der Waals surface area contributed by atoms with E-state index >= 15 is 0 Å². The molecule has 0 saturated carbocycles. The van der Waals surface area contributed by atoms with Crippen LogP contribution in [-0.2, 0) is 0 Å². The van der Waals surface area contributed by atoms with Crippen LogP contribution < -0.4 is 5.32 Å². The molecule has 1 rings (SSSR count). The van der Waals surface area contributed by atoms with Gasteiger partial charge in [0.05, 0.1) is 0 Å². The van der Waals surface area contributed by atoms with Gasteiger partial charge in [-0.25, -0.2) is 0 Å². The van der Waals surface area contributed by atoms with Crippen molar-refractivity contribution in [3.05, 3.63) is 105 Å². The summed E-state index contributed by atoms with van der Waals surface area (Å²) in [6.07, 6.45) is 12.0. The van der Waals surface area contributed by atoms with Crippen LogP contribution in [0.3, 0.4) is 0 Å². The van der Waals surface area contributed by atoms with Crippen molar-refractivity contribution in [1.29, 1.82) is 0 Å². The van der Waals surface area contributed by atoms with Crippen LogP contribution in [0, 0.1) is 0 Å². The summed E-state index contributed by atoms with van der Waals surface area (Å²) in [7, 11) is 0. The van der Waals surface area contributed by atoms with Gasteiger partial charge in [-0.3, -0.25) is 4.79 Å². The average Bonchev–Trinajstić information content (AvgIpc) is 3.23. The lowest BCUT2D eigenvalue weighted by molar-refractivity contribution is 0.0939. The summed E-state index contributed by atoms with van der Waals surface area (Å²) in [5.41, 5.74) is 1.44. The molecule has 0 saturated heterocycles. The highest BCUT2D eigenvalue weighted by Crippen LogP contribution is 2.19. The Morgan fingerprint density at radius 1 is 1.00 bits per heavy atom. The molecular weight excluding hydrogens is 334 g/mol. The van der Waals surface area contributed by atoms with Gasteiger partial charge in [-0.2, -0.15) is 0 Å². The number of amides is 1. The molecule has 1 amide bonds. The summed E-state index contributed by atoms with van der Waals surface area (Å²) >= 11 is 0. The normalized spacial score (nSPS) is 10.1. The summed E-state index contributed by atoms with van der Waals surface area (Å²) in [5, 5.41) is 2.68. The smallest absolute Gasteiger partial charge is 0.291 e. The fourth-order valence-corrected chi connectivity index (χ4v) is 1.59. The molecule has 1 heterocycles. The van der Waals surface area contributed by atoms with E-state index in [2.05, 4.69) is 38.2 Å². The van der Waals surface area contributed by atoms with Gasteiger partial charge in [-0.1, -0.05) is 77.8 Å². The molecule has 0 spiro atoms. The summed E-state index contributed by atoms with van der Waals surface area (Å²) in [4.78, 5) is 12.0. The zero-order valence-corrected chi connectivity index (χ0v) is 17.5. The lowest BCUT2D eigenvalue weighted by Crippen LogP contribution is -2.21. The molecule has 0 aliphatic rings. The van der Waals surface area contributed by atoms with Crippen LogP contribution >= 0.6 is 0 Å². The van der Waals surface area contributed by atoms with Crippen LogP contribution in [0.1, 0.15) is 50.9 Å². The molecule has 3 heteroatoms. The van der Waals surface area contributed by atoms with Gasteiger partial charge in [0.2, 0.25) is 0 Å². The van der Waals surface area contributed by atoms with E-state index in [-0.39, 0.29) is 11.7 Å². The van der Waals surface area contributed by atoms with Gasteiger partial charge >= 0.3 is 0 Å². The molecule has 0 bridgehead atoms. The van der Waals surface area contributed by atoms with E-state index in [0.29, 0.717) is 11.5 Å². The highest BCUT2D eigenvalue weighted by atomic mass is 16.3. The van der Waals surface area contributed by atoms with E-state index in [1.165, 1.54) is 6.08 Å². The lowest BCUT2D eigenvalue weighted by Gasteiger charge is -2.02. The van der Waals surface area contributed by atoms with Crippen LogP contribution in [0.5, 0.6) is 0 Å². The number of carbonyl (C=O) groups excluding carboxylic acids is 1. The van der Waals surface area contributed by atoms with Crippen LogP contribution in [0.2, 0.25) is 0 Å². The third-order valence-corrected chi connectivity index (χ3v) is 2.61. The van der Waals surface area contributed by atoms with Crippen molar-refractivity contribution in [2.75, 3.05) is 0 Å². The standard InChI is InChI=1S/C18H19NO2.2C2H6.C2H4/c1-5-9-11-14(7-3)16-12-13-17(21-16)18(20)19-15(8-4)10-6-2;3*1-2/h5-13H,1-2,4H2,3H3,(H,19,20);2*1-2H3;1-2H2/b11-9-,14-7+,15-10+;;;. The van der Waals surface area contributed by atoms with Gasteiger partial charge in [-0.05, 0) is 31.2 Å². The first-order valence-electron chi connectivity index (χ1n) is 8.98. The second kappa shape index (κ2) is 21.0. The Morgan fingerprint density at radius 3 is 2.00 bits per heavy atom. The number of furan rings is 1. The van der Waals surface area contributed by atoms with E-state index in [0.717, 1.165) is 5.57 Å². The molecule has 1 N–H and O–H groups in total. The number of nitrogens with one attached hydrogen (secondary N) is 1. The fourth-order valence-electron chi connectivity index (χ4n) is 1.59. The maximum absolute atomic E-state index is 12.0. The Kier molecular flexibility index (Phi) is 22.3. The van der Waals surface area contributed by atoms with Gasteiger partial charge in [0.1, 0.15) is 5.76 Å². The number of hydrogen-bond donors (Lipinski definition) is 1. The Labute approximate surface area is 165 Å². The third-order valence-electron chi connectivity index (χ3n) is 2.61. The molecule has 0 aliphatic carbocycles. The Hall–Kier alpha value is -3.07. The third kappa shape index (κ3) is 12.0. The van der Waals surface area contributed by atoms with Gasteiger partial charge in [0.15, 0.2) is 5.76 Å². The zero-order valence-electron chi connectivity index (χ0n) is 17.5. The van der Waals surface area contributed by atoms with Crippen LogP contribution in [0.4, 0.5) is 0 Å². The number of carbonyl (C=O) groups is 1. The average molecular weight is 370 g/mol. The molecule has 3 nitrogen and oxygen atoms in total. The number of hydrogen-bond acceptors (Lipinski definition) is 2. The van der Waals surface area contributed by atoms with Gasteiger partial charge in [0, 0.05) is 11.3 Å². The van der Waals surface area contributed by atoms with E-state index in [4.69, 9.17) is 4.42 Å². The van der Waals surface area contributed by atoms with Gasteiger partial charge in [0.25, 0.3) is 5.91 Å². The van der Waals surface area contributed by atoms with Crippen molar-refractivity contribution in [3.8, 4) is 0 Å². The van der Waals surface area contributed by atoms with Crippen molar-refractivity contribution in [1.82, 2.24) is 5.32 Å². The maximum Gasteiger partial charge on any atom is 0.291 e. The largest absolute Gasteiger partial charge is 0.451 e. The van der Waals surface area contributed by atoms with Crippen molar-refractivity contribution in [2.45, 2.75) is 34.6 Å². The summed E-state index contributed by atoms with van der Waals surface area (Å²) < 4.78 is 5.57. The zero-order chi connectivity index (χ0) is 21.7. The topological polar surface area (TPSA) is 42.2 Å². The summed E-state index contributed by atoms with van der Waals surface area (Å²) in [5.74, 6) is 0.513. The molecule has 0 unspecified atom stereocenters. The highest BCUT2D eigenvalue weighted by molar-refractivity contribution is 5.93. The number of rotatable bonds is 7. The Balaban J connectivity index is -0.000000869. The first kappa shape index (κ1) is 28.7. The van der Waals surface area contributed by atoms with Crippen molar-refractivity contribution in [3.63, 3.8) is 0 Å². The first-order valence-corrected chi connectivity index (χ1v) is 8.98. The molecule has 0 fully saturated rings. The molecule has 148 valence electrons. The molecule has 1 aromatic heterocycles. The predicted molar refractivity (Wildman–Crippen MR) is 122 cm³/mol. The predicted octanol–water partition coefficient (Wildman–Crippen LogP) is 7.27. The van der Waals surface area contributed by atoms with E-state index in [1.807, 2.05) is 46.8 Å². The molecule has 0 radical (unpaired) electrons. The summed E-state index contributed by atoms with van der Waals surface area (Å²) in [6.45, 7) is 26.7. The Morgan fingerprint density at radius 2 is 1.56 bits per heavy atom. The number of allylic oxidation sites excluding steroid dienone is 8. The monoisotopic (exact) mass is 369 g/mol. The quantitative estimate of drug-likeness (QED) is 0.406. The molecular formula is C24H35NO2. The SMILES string of the molecule is C=C.C=C/C=C\C(=C/C)c1ccc(C(=O)N/C(C=C)=C/C=C)o1.CC.CC. The molecule has 0 aromatic carbocycles. The molecule has 27 heavy (non-hydrogen) atoms. The van der Waals surface area contributed by atoms with Gasteiger partial charge in [-0.15, -0.1) is 13.2 Å². The van der Waals surface area contributed by atoms with E-state index in [1.54, 1.807) is 36.4 Å². The van der Waals surface area contributed by atoms with Crippen molar-refractivity contribution in [2.24, 2.45) is 0 Å². The minimum atomic E-state index is -0.336. The van der Waals surface area contributed by atoms with Crippen molar-refractivity contribution >= 4 is 11.5 Å². The molecule has 1 aromatic rings.